The van der Waals surface area contributed by atoms with Crippen molar-refractivity contribution in [2.24, 2.45) is 0 Å². The molecule has 3 aromatic rings. The molecule has 3 aromatic carbocycles. The third-order valence-corrected chi connectivity index (χ3v) is 7.53. The summed E-state index contributed by atoms with van der Waals surface area (Å²) in [7, 11) is 0. The topological polar surface area (TPSA) is 118 Å². The van der Waals surface area contributed by atoms with Gasteiger partial charge in [-0.2, -0.15) is 0 Å². The van der Waals surface area contributed by atoms with E-state index in [-0.39, 0.29) is 32.1 Å². The van der Waals surface area contributed by atoms with Gasteiger partial charge in [0.25, 0.3) is 0 Å². The maximum absolute atomic E-state index is 8.85. The first-order valence-corrected chi connectivity index (χ1v) is 15.4. The fraction of sp³-hybridized carbons (Fsp3) is 0.400. The van der Waals surface area contributed by atoms with Crippen molar-refractivity contribution in [2.45, 2.75) is 28.2 Å². The molecule has 0 aliphatic carbocycles. The lowest BCUT2D eigenvalue weighted by molar-refractivity contribution is 0.171. The molecular weight excluding hydrogens is 728 g/mol. The number of rotatable bonds is 2. The highest BCUT2D eigenvalue weighted by Gasteiger charge is 2.12. The highest BCUT2D eigenvalue weighted by molar-refractivity contribution is 9.12. The Morgan fingerprint density at radius 3 is 1.51 bits per heavy atom. The number of alkyl halides is 2. The maximum atomic E-state index is 8.85. The lowest BCUT2D eigenvalue weighted by Gasteiger charge is -2.19. The van der Waals surface area contributed by atoms with E-state index in [1.54, 1.807) is 6.07 Å². The molecular formula is C30H41Br3O8. The van der Waals surface area contributed by atoms with Crippen molar-refractivity contribution in [3.8, 4) is 34.5 Å². The lowest BCUT2D eigenvalue weighted by atomic mass is 10.2. The molecule has 0 atom stereocenters. The summed E-state index contributed by atoms with van der Waals surface area (Å²) in [5, 5.41) is 35.0. The van der Waals surface area contributed by atoms with Gasteiger partial charge in [0.2, 0.25) is 0 Å². The second kappa shape index (κ2) is 22.4. The molecule has 2 heterocycles. The molecule has 2 aliphatic heterocycles. The third-order valence-electron chi connectivity index (χ3n) is 4.82. The molecule has 0 saturated carbocycles. The molecule has 4 N–H and O–H groups in total. The van der Waals surface area contributed by atoms with E-state index >= 15 is 0 Å². The van der Waals surface area contributed by atoms with Crippen molar-refractivity contribution in [1.82, 2.24) is 0 Å². The Hall–Kier alpha value is -2.18. The molecule has 11 heteroatoms. The molecule has 0 spiro atoms. The molecule has 5 rings (SSSR count). The van der Waals surface area contributed by atoms with Gasteiger partial charge < -0.3 is 39.4 Å². The lowest BCUT2D eigenvalue weighted by Crippen LogP contribution is -2.15. The van der Waals surface area contributed by atoms with Crippen LogP contribution in [0.5, 0.6) is 34.5 Å². The number of phenols is 2. The summed E-state index contributed by atoms with van der Waals surface area (Å²) in [6, 6.07) is 14.6. The minimum Gasteiger partial charge on any atom is -0.504 e. The number of aliphatic hydroxyl groups is 2. The summed E-state index contributed by atoms with van der Waals surface area (Å²) < 4.78 is 22.6. The van der Waals surface area contributed by atoms with Crippen LogP contribution in [0.15, 0.2) is 53.0 Å². The first kappa shape index (κ1) is 38.8. The Bertz CT molecular complexity index is 1110. The summed E-state index contributed by atoms with van der Waals surface area (Å²) in [5.41, 5.74) is 3.30. The van der Waals surface area contributed by atoms with Crippen LogP contribution in [0.2, 0.25) is 0 Å². The molecule has 0 saturated heterocycles. The summed E-state index contributed by atoms with van der Waals surface area (Å²) in [6.45, 7) is 8.28. The minimum absolute atomic E-state index is 0. The molecule has 0 unspecified atom stereocenters. The minimum atomic E-state index is -0.125. The van der Waals surface area contributed by atoms with Crippen LogP contribution in [0, 0.1) is 20.8 Å². The number of aliphatic hydroxyl groups excluding tert-OH is 2. The smallest absolute Gasteiger partial charge is 0.162 e. The molecule has 230 valence electrons. The Balaban J connectivity index is 0.000000517. The van der Waals surface area contributed by atoms with E-state index in [2.05, 4.69) is 47.8 Å². The number of aryl methyl sites for hydroxylation is 3. The van der Waals surface area contributed by atoms with E-state index in [9.17, 15) is 0 Å². The predicted octanol–water partition coefficient (Wildman–Crippen LogP) is 7.08. The predicted molar refractivity (Wildman–Crippen MR) is 175 cm³/mol. The third kappa shape index (κ3) is 15.6. The number of benzene rings is 3. The summed E-state index contributed by atoms with van der Waals surface area (Å²) in [6.07, 6.45) is 0. The van der Waals surface area contributed by atoms with Crippen LogP contribution >= 0.6 is 47.8 Å². The zero-order valence-electron chi connectivity index (χ0n) is 22.8. The van der Waals surface area contributed by atoms with Gasteiger partial charge >= 0.3 is 0 Å². The first-order chi connectivity index (χ1) is 19.2. The van der Waals surface area contributed by atoms with Gasteiger partial charge in [0.05, 0.1) is 13.2 Å². The van der Waals surface area contributed by atoms with E-state index in [0.717, 1.165) is 43.7 Å². The number of hydrogen-bond acceptors (Lipinski definition) is 8. The van der Waals surface area contributed by atoms with Gasteiger partial charge in [0.1, 0.15) is 26.4 Å². The fourth-order valence-corrected chi connectivity index (χ4v) is 3.27. The molecule has 0 fully saturated rings. The zero-order valence-corrected chi connectivity index (χ0v) is 27.6. The van der Waals surface area contributed by atoms with Crippen molar-refractivity contribution < 1.29 is 39.4 Å². The van der Waals surface area contributed by atoms with E-state index in [0.29, 0.717) is 26.4 Å². The molecule has 0 aromatic heterocycles. The van der Waals surface area contributed by atoms with Crippen molar-refractivity contribution >= 4 is 47.8 Å². The Morgan fingerprint density at radius 2 is 1.05 bits per heavy atom. The standard InChI is InChI=1S/C9H9BrO2.C9H10O2.C7H8O2.C2H4Br2.C2H6O2.CH4/c1-6-4-8-9(5-7(6)10)12-3-2-11-8;1-7-2-3-8-9(6-7)11-5-4-10-8;1-5-2-3-6(8)7(9)4-5;2*3-1-2-4;/h4-5H,2-3H2,1H3;2-3,6H,4-5H2,1H3;2-4,8-9H,1H3;1-2H2;3-4H,1-2H2;1H4. The Morgan fingerprint density at radius 1 is 0.610 bits per heavy atom. The molecule has 0 amide bonds. The van der Waals surface area contributed by atoms with Gasteiger partial charge in [-0.1, -0.05) is 67.3 Å². The highest BCUT2D eigenvalue weighted by atomic mass is 79.9. The maximum Gasteiger partial charge on any atom is 0.162 e. The van der Waals surface area contributed by atoms with Crippen LogP contribution in [0.3, 0.4) is 0 Å². The number of ether oxygens (including phenoxy) is 4. The number of phenolic OH excluding ortho intramolecular Hbond substituents is 2. The number of hydrogen-bond donors (Lipinski definition) is 4. The van der Waals surface area contributed by atoms with Gasteiger partial charge in [-0.05, 0) is 73.9 Å². The van der Waals surface area contributed by atoms with Crippen LogP contribution in [0.1, 0.15) is 24.1 Å². The van der Waals surface area contributed by atoms with Crippen molar-refractivity contribution in [3.63, 3.8) is 0 Å². The van der Waals surface area contributed by atoms with E-state index in [4.69, 9.17) is 39.4 Å². The summed E-state index contributed by atoms with van der Waals surface area (Å²) >= 11 is 9.84. The summed E-state index contributed by atoms with van der Waals surface area (Å²) in [5.74, 6) is 3.29. The number of fused-ring (bicyclic) bond motifs is 2. The van der Waals surface area contributed by atoms with Gasteiger partial charge in [-0.25, -0.2) is 0 Å². The second-order valence-corrected chi connectivity index (χ2v) is 10.6. The van der Waals surface area contributed by atoms with Crippen molar-refractivity contribution in [2.75, 3.05) is 50.3 Å². The second-order valence-electron chi connectivity index (χ2n) is 8.21. The van der Waals surface area contributed by atoms with E-state index in [1.807, 2.05) is 51.1 Å². The quantitative estimate of drug-likeness (QED) is 0.162. The monoisotopic (exact) mass is 766 g/mol. The average molecular weight is 769 g/mol. The normalized spacial score (nSPS) is 11.7. The highest BCUT2D eigenvalue weighted by Crippen LogP contribution is 2.35. The van der Waals surface area contributed by atoms with Crippen LogP contribution in [-0.4, -0.2) is 70.7 Å². The molecule has 41 heavy (non-hydrogen) atoms. The average Bonchev–Trinajstić information content (AvgIpc) is 2.96. The number of aromatic hydroxyl groups is 2. The van der Waals surface area contributed by atoms with Gasteiger partial charge in [0.15, 0.2) is 34.5 Å². The van der Waals surface area contributed by atoms with Crippen LogP contribution < -0.4 is 18.9 Å². The van der Waals surface area contributed by atoms with Gasteiger partial charge in [-0.15, -0.1) is 0 Å². The van der Waals surface area contributed by atoms with Crippen molar-refractivity contribution in [3.05, 3.63) is 69.7 Å². The Kier molecular flexibility index (Phi) is 21.2. The molecule has 0 radical (unpaired) electrons. The van der Waals surface area contributed by atoms with Gasteiger partial charge in [-0.3, -0.25) is 0 Å². The molecule has 0 bridgehead atoms. The molecule has 2 aliphatic rings. The first-order valence-electron chi connectivity index (χ1n) is 12.4. The van der Waals surface area contributed by atoms with Crippen LogP contribution in [-0.2, 0) is 0 Å². The van der Waals surface area contributed by atoms with Crippen molar-refractivity contribution in [1.29, 1.82) is 0 Å². The van der Waals surface area contributed by atoms with Crippen LogP contribution in [0.4, 0.5) is 0 Å². The van der Waals surface area contributed by atoms with Crippen LogP contribution in [0.25, 0.3) is 0 Å². The number of halogens is 3. The SMILES string of the molecule is BrCCBr.C.Cc1cc2c(cc1Br)OCCO2.Cc1ccc(O)c(O)c1.Cc1ccc2c(c1)OCCO2.OCCO. The fourth-order valence-electron chi connectivity index (χ4n) is 2.95. The van der Waals surface area contributed by atoms with E-state index in [1.165, 1.54) is 23.3 Å². The summed E-state index contributed by atoms with van der Waals surface area (Å²) in [4.78, 5) is 0. The van der Waals surface area contributed by atoms with Gasteiger partial charge in [0, 0.05) is 15.1 Å². The largest absolute Gasteiger partial charge is 0.504 e. The molecule has 8 nitrogen and oxygen atoms in total. The zero-order chi connectivity index (χ0) is 29.9. The Labute approximate surface area is 268 Å². The van der Waals surface area contributed by atoms with E-state index < -0.39 is 0 Å².